The van der Waals surface area contributed by atoms with Gasteiger partial charge in [0.1, 0.15) is 5.60 Å². The van der Waals surface area contributed by atoms with Gasteiger partial charge < -0.3 is 40.2 Å². The molecular weight excluding hydrogens is 657 g/mol. The van der Waals surface area contributed by atoms with Crippen LogP contribution in [0.15, 0.2) is 28.8 Å². The smallest absolute Gasteiger partial charge is 0.410 e. The van der Waals surface area contributed by atoms with Crippen molar-refractivity contribution in [3.63, 3.8) is 0 Å². The number of nitrogens with one attached hydrogen (secondary N) is 4. The Balaban J connectivity index is 1.24. The summed E-state index contributed by atoms with van der Waals surface area (Å²) in [4.78, 5) is 58.4. The summed E-state index contributed by atoms with van der Waals surface area (Å²) in [5, 5.41) is 20.7. The predicted octanol–water partition coefficient (Wildman–Crippen LogP) is 0.643. The third kappa shape index (κ3) is 10.4. The van der Waals surface area contributed by atoms with E-state index >= 15 is 0 Å². The lowest BCUT2D eigenvalue weighted by atomic mass is 9.49. The van der Waals surface area contributed by atoms with Gasteiger partial charge in [0.15, 0.2) is 23.1 Å². The highest BCUT2D eigenvalue weighted by molar-refractivity contribution is 6.60. The minimum Gasteiger partial charge on any atom is -0.494 e. The molecule has 1 aliphatic carbocycles. The van der Waals surface area contributed by atoms with Crippen LogP contribution in [0.2, 0.25) is 0 Å². The lowest BCUT2D eigenvalue weighted by molar-refractivity contribution is -0.122. The van der Waals surface area contributed by atoms with Crippen molar-refractivity contribution in [2.24, 2.45) is 5.92 Å². The second-order valence-corrected chi connectivity index (χ2v) is 13.2. The van der Waals surface area contributed by atoms with Gasteiger partial charge in [0.25, 0.3) is 11.8 Å². The SMILES string of the molecule is [B]C([B])([B])NC(=O)c1nnc(NC(=O)C2CC2)cc1Nc1cccc(-c2nc(CNC(=O)CN3CCN(C(=O)OC(C)(C)C)CC3)no2)c1OC. The van der Waals surface area contributed by atoms with Crippen molar-refractivity contribution in [1.29, 1.82) is 0 Å². The van der Waals surface area contributed by atoms with Gasteiger partial charge in [-0.25, -0.2) is 4.79 Å². The Hall–Kier alpha value is -5.13. The Kier molecular flexibility index (Phi) is 11.2. The van der Waals surface area contributed by atoms with E-state index < -0.39 is 16.7 Å². The molecule has 0 unspecified atom stereocenters. The lowest BCUT2D eigenvalue weighted by Crippen LogP contribution is -2.52. The molecule has 3 aromatic rings. The summed E-state index contributed by atoms with van der Waals surface area (Å²) in [5.74, 6) is -0.706. The van der Waals surface area contributed by atoms with E-state index in [4.69, 9.17) is 37.5 Å². The Bertz CT molecular complexity index is 1770. The van der Waals surface area contributed by atoms with Crippen LogP contribution < -0.4 is 26.0 Å². The molecule has 2 aromatic heterocycles. The van der Waals surface area contributed by atoms with Crippen molar-refractivity contribution in [3.05, 3.63) is 35.8 Å². The Morgan fingerprint density at radius 2 is 1.75 bits per heavy atom. The van der Waals surface area contributed by atoms with Crippen LogP contribution in [0.5, 0.6) is 5.75 Å². The van der Waals surface area contributed by atoms with Crippen LogP contribution >= 0.6 is 0 Å². The number of carbonyl (C=O) groups excluding carboxylic acids is 4. The quantitative estimate of drug-likeness (QED) is 0.193. The van der Waals surface area contributed by atoms with E-state index in [0.29, 0.717) is 37.4 Å². The van der Waals surface area contributed by atoms with Crippen LogP contribution in [-0.2, 0) is 20.9 Å². The fourth-order valence-electron chi connectivity index (χ4n) is 5.00. The van der Waals surface area contributed by atoms with E-state index in [2.05, 4.69) is 41.6 Å². The molecule has 3 heterocycles. The molecule has 2 aliphatic rings. The summed E-state index contributed by atoms with van der Waals surface area (Å²) in [6.07, 6.45) is 1.19. The molecule has 1 saturated carbocycles. The minimum absolute atomic E-state index is 0.00188. The summed E-state index contributed by atoms with van der Waals surface area (Å²) >= 11 is 0. The number of amides is 4. The fraction of sp³-hybridized carbons (Fsp3) is 0.484. The first-order valence-electron chi connectivity index (χ1n) is 16.2. The van der Waals surface area contributed by atoms with Gasteiger partial charge in [0.2, 0.25) is 11.8 Å². The van der Waals surface area contributed by atoms with E-state index in [1.807, 2.05) is 25.7 Å². The molecule has 0 bridgehead atoms. The van der Waals surface area contributed by atoms with Crippen molar-refractivity contribution < 1.29 is 33.2 Å². The fourth-order valence-corrected chi connectivity index (χ4v) is 5.00. The average molecular weight is 694 g/mol. The predicted molar refractivity (Wildman–Crippen MR) is 187 cm³/mol. The Morgan fingerprint density at radius 3 is 2.39 bits per heavy atom. The first-order valence-corrected chi connectivity index (χ1v) is 16.2. The third-order valence-electron chi connectivity index (χ3n) is 7.56. The van der Waals surface area contributed by atoms with Crippen LogP contribution in [-0.4, -0.2) is 128 Å². The highest BCUT2D eigenvalue weighted by Crippen LogP contribution is 2.38. The molecule has 4 amide bonds. The van der Waals surface area contributed by atoms with Gasteiger partial charge in [0.05, 0.1) is 60.7 Å². The van der Waals surface area contributed by atoms with Crippen molar-refractivity contribution in [2.75, 3.05) is 50.5 Å². The zero-order valence-corrected chi connectivity index (χ0v) is 28.8. The van der Waals surface area contributed by atoms with Crippen LogP contribution in [0.3, 0.4) is 0 Å². The molecule has 1 aromatic carbocycles. The van der Waals surface area contributed by atoms with Crippen LogP contribution in [0.25, 0.3) is 11.5 Å². The molecule has 0 atom stereocenters. The van der Waals surface area contributed by atoms with E-state index in [0.717, 1.165) is 12.8 Å². The van der Waals surface area contributed by atoms with E-state index in [1.165, 1.54) is 13.2 Å². The van der Waals surface area contributed by atoms with E-state index in [1.54, 1.807) is 23.1 Å². The summed E-state index contributed by atoms with van der Waals surface area (Å²) in [6.45, 7) is 7.53. The number of methoxy groups -OCH3 is 1. The molecule has 17 nitrogen and oxygen atoms in total. The first-order chi connectivity index (χ1) is 24.1. The standard InChI is InChI=1S/C31H37B3N10O7/c1-30(2,3)50-29(48)44-12-10-43(11-13-44)16-23(45)35-15-22-38-28(51-42-22)18-6-5-7-19(25(18)49-4)36-20-14-21(37-26(46)17-8-9-17)40-41-24(20)27(47)39-31(32,33)34/h5-7,14,17H,8-13,15-16H2,1-4H3,(H,35,45)(H,39,47)(H2,36,37,40,46). The molecule has 0 spiro atoms. The maximum Gasteiger partial charge on any atom is 0.410 e. The monoisotopic (exact) mass is 694 g/mol. The van der Waals surface area contributed by atoms with Gasteiger partial charge in [-0.2, -0.15) is 4.98 Å². The molecule has 262 valence electrons. The van der Waals surface area contributed by atoms with Crippen LogP contribution in [0.1, 0.15) is 49.9 Å². The zero-order valence-electron chi connectivity index (χ0n) is 28.8. The van der Waals surface area contributed by atoms with E-state index in [-0.39, 0.29) is 71.6 Å². The van der Waals surface area contributed by atoms with Gasteiger partial charge in [-0.3, -0.25) is 19.3 Å². The Labute approximate surface area is 298 Å². The summed E-state index contributed by atoms with van der Waals surface area (Å²) in [7, 11) is 18.1. The first kappa shape index (κ1) is 37.1. The second-order valence-electron chi connectivity index (χ2n) is 13.2. The van der Waals surface area contributed by atoms with Crippen molar-refractivity contribution >= 4 is 64.5 Å². The van der Waals surface area contributed by atoms with Crippen molar-refractivity contribution in [3.8, 4) is 17.2 Å². The molecule has 2 fully saturated rings. The normalized spacial score (nSPS) is 15.1. The van der Waals surface area contributed by atoms with E-state index in [9.17, 15) is 19.2 Å². The molecule has 5 rings (SSSR count). The number of hydrogen-bond acceptors (Lipinski definition) is 13. The zero-order chi connectivity index (χ0) is 36.9. The summed E-state index contributed by atoms with van der Waals surface area (Å²) in [5.41, 5.74) is 0.0728. The Morgan fingerprint density at radius 1 is 1.02 bits per heavy atom. The largest absolute Gasteiger partial charge is 0.494 e. The van der Waals surface area contributed by atoms with Crippen LogP contribution in [0, 0.1) is 5.92 Å². The van der Waals surface area contributed by atoms with Gasteiger partial charge in [-0.15, -0.1) is 10.2 Å². The van der Waals surface area contributed by atoms with Gasteiger partial charge >= 0.3 is 6.09 Å². The number of carbonyl (C=O) groups is 4. The number of para-hydroxylation sites is 1. The number of anilines is 3. The lowest BCUT2D eigenvalue weighted by Gasteiger charge is -2.35. The molecule has 6 radical (unpaired) electrons. The number of benzene rings is 1. The number of piperazine rings is 1. The summed E-state index contributed by atoms with van der Waals surface area (Å²) in [6, 6.07) is 6.45. The highest BCUT2D eigenvalue weighted by Gasteiger charge is 2.31. The van der Waals surface area contributed by atoms with Crippen molar-refractivity contribution in [2.45, 2.75) is 51.0 Å². The molecular formula is C31H37B3N10O7. The van der Waals surface area contributed by atoms with Crippen molar-refractivity contribution in [1.82, 2.24) is 40.8 Å². The molecule has 1 saturated heterocycles. The maximum atomic E-state index is 13.0. The molecule has 20 heteroatoms. The average Bonchev–Trinajstić information content (AvgIpc) is 3.80. The maximum absolute atomic E-state index is 13.0. The summed E-state index contributed by atoms with van der Waals surface area (Å²) < 4.78 is 16.6. The highest BCUT2D eigenvalue weighted by atomic mass is 16.6. The second kappa shape index (κ2) is 15.4. The molecule has 4 N–H and O–H groups in total. The topological polar surface area (TPSA) is 206 Å². The minimum atomic E-state index is -2.04. The number of rotatable bonds is 12. The number of ether oxygens (including phenoxy) is 2. The number of aromatic nitrogens is 4. The van der Waals surface area contributed by atoms with Gasteiger partial charge in [-0.05, 0) is 45.7 Å². The molecule has 1 aliphatic heterocycles. The van der Waals surface area contributed by atoms with Crippen LogP contribution in [0.4, 0.5) is 22.0 Å². The van der Waals surface area contributed by atoms with Gasteiger partial charge in [-0.1, -0.05) is 16.5 Å². The number of nitrogens with zero attached hydrogens (tertiary/aromatic N) is 6. The third-order valence-corrected chi connectivity index (χ3v) is 7.56. The van der Waals surface area contributed by atoms with Gasteiger partial charge in [0, 0.05) is 38.2 Å². The molecule has 51 heavy (non-hydrogen) atoms. The number of hydrogen-bond donors (Lipinski definition) is 4.